The van der Waals surface area contributed by atoms with Gasteiger partial charge in [-0.1, -0.05) is 29.9 Å². The van der Waals surface area contributed by atoms with Crippen molar-refractivity contribution in [3.8, 4) is 0 Å². The molecule has 0 saturated carbocycles. The molecule has 154 valence electrons. The summed E-state index contributed by atoms with van der Waals surface area (Å²) in [4.78, 5) is 21.1. The minimum Gasteiger partial charge on any atom is -0.393 e. The predicted octanol–water partition coefficient (Wildman–Crippen LogP) is 0.0464. The smallest absolute Gasteiger partial charge is 0.287 e. The van der Waals surface area contributed by atoms with E-state index in [-0.39, 0.29) is 17.5 Å². The van der Waals surface area contributed by atoms with Gasteiger partial charge in [-0.2, -0.15) is 0 Å². The molecule has 3 rings (SSSR count). The summed E-state index contributed by atoms with van der Waals surface area (Å²) < 4.78 is 0. The summed E-state index contributed by atoms with van der Waals surface area (Å²) in [5.74, 6) is -0.298. The number of rotatable bonds is 6. The number of H-pyrrole nitrogens is 1. The van der Waals surface area contributed by atoms with Crippen molar-refractivity contribution in [2.45, 2.75) is 44.4 Å². The summed E-state index contributed by atoms with van der Waals surface area (Å²) in [5, 5.41) is 41.6. The molecule has 5 N–H and O–H groups in total. The molecule has 3 heterocycles. The fraction of sp³-hybridized carbons (Fsp3) is 0.625. The Labute approximate surface area is 170 Å². The maximum Gasteiger partial charge on any atom is 0.287 e. The summed E-state index contributed by atoms with van der Waals surface area (Å²) in [6, 6.07) is -0.439. The Bertz CT molecular complexity index is 841. The van der Waals surface area contributed by atoms with E-state index in [4.69, 9.17) is 11.6 Å². The molecule has 2 aromatic rings. The van der Waals surface area contributed by atoms with E-state index < -0.39 is 30.3 Å². The molecule has 12 heteroatoms. The maximum atomic E-state index is 12.4. The lowest BCUT2D eigenvalue weighted by Crippen LogP contribution is -2.54. The third-order valence-corrected chi connectivity index (χ3v) is 6.20. The van der Waals surface area contributed by atoms with Crippen LogP contribution in [0.5, 0.6) is 0 Å². The van der Waals surface area contributed by atoms with Gasteiger partial charge in [0.1, 0.15) is 5.60 Å². The number of aromatic amines is 1. The van der Waals surface area contributed by atoms with Gasteiger partial charge in [0.25, 0.3) is 5.91 Å². The molecule has 1 saturated heterocycles. The number of nitrogens with zero attached hydrogens (tertiary/aromatic N) is 4. The zero-order valence-electron chi connectivity index (χ0n) is 15.5. The molecule has 1 fully saturated rings. The van der Waals surface area contributed by atoms with Crippen molar-refractivity contribution in [1.82, 2.24) is 25.5 Å². The number of hydrogen-bond donors (Lipinski definition) is 5. The average Bonchev–Trinajstić information content (AvgIpc) is 3.30. The summed E-state index contributed by atoms with van der Waals surface area (Å²) in [6.45, 7) is 3.68. The number of aryl methyl sites for hydroxylation is 1. The quantitative estimate of drug-likeness (QED) is 0.431. The standard InChI is InChI=1S/C16H23ClN6O4S/c1-3-8-11(17)20-12(18-8)13(26)19-9-4-5-23(6-10(9)25)15-22-21-14(28-15)16(2,27)7-24/h9-10,24-25,27H,3-7H2,1-2H3,(H,18,20)(H,19,26)/t9?,10?,16-/m0/s1. The van der Waals surface area contributed by atoms with E-state index in [0.717, 1.165) is 11.3 Å². The number of aromatic nitrogens is 4. The Morgan fingerprint density at radius 1 is 1.50 bits per heavy atom. The van der Waals surface area contributed by atoms with Gasteiger partial charge in [-0.05, 0) is 19.8 Å². The highest BCUT2D eigenvalue weighted by Crippen LogP contribution is 2.30. The number of anilines is 1. The zero-order valence-corrected chi connectivity index (χ0v) is 17.1. The summed E-state index contributed by atoms with van der Waals surface area (Å²) >= 11 is 7.13. The van der Waals surface area contributed by atoms with Gasteiger partial charge < -0.3 is 30.5 Å². The number of nitrogens with one attached hydrogen (secondary N) is 2. The molecule has 2 aromatic heterocycles. The van der Waals surface area contributed by atoms with Gasteiger partial charge in [0.15, 0.2) is 16.0 Å². The van der Waals surface area contributed by atoms with E-state index in [9.17, 15) is 20.1 Å². The monoisotopic (exact) mass is 430 g/mol. The van der Waals surface area contributed by atoms with Crippen LogP contribution in [0.4, 0.5) is 5.13 Å². The molecule has 28 heavy (non-hydrogen) atoms. The number of aliphatic hydroxyl groups is 3. The second-order valence-electron chi connectivity index (χ2n) is 6.91. The molecule has 0 spiro atoms. The van der Waals surface area contributed by atoms with Crippen molar-refractivity contribution in [2.75, 3.05) is 24.6 Å². The van der Waals surface area contributed by atoms with E-state index in [1.807, 2.05) is 11.8 Å². The van der Waals surface area contributed by atoms with Crippen molar-refractivity contribution < 1.29 is 20.1 Å². The lowest BCUT2D eigenvalue weighted by atomic mass is 10.0. The molecule has 3 atom stereocenters. The molecule has 10 nitrogen and oxygen atoms in total. The molecule has 2 unspecified atom stereocenters. The van der Waals surface area contributed by atoms with E-state index in [1.165, 1.54) is 6.92 Å². The first-order valence-electron chi connectivity index (χ1n) is 8.90. The first-order chi connectivity index (χ1) is 13.2. The van der Waals surface area contributed by atoms with Crippen LogP contribution in [0, 0.1) is 0 Å². The molecular formula is C16H23ClN6O4S. The van der Waals surface area contributed by atoms with Crippen molar-refractivity contribution in [3.63, 3.8) is 0 Å². The second-order valence-corrected chi connectivity index (χ2v) is 8.23. The lowest BCUT2D eigenvalue weighted by Gasteiger charge is -2.35. The fourth-order valence-electron chi connectivity index (χ4n) is 2.87. The molecule has 1 aliphatic rings. The first kappa shape index (κ1) is 20.9. The number of amides is 1. The summed E-state index contributed by atoms with van der Waals surface area (Å²) in [6.07, 6.45) is 0.305. The largest absolute Gasteiger partial charge is 0.393 e. The van der Waals surface area contributed by atoms with E-state index >= 15 is 0 Å². The van der Waals surface area contributed by atoms with Crippen LogP contribution in [0.1, 0.15) is 41.6 Å². The van der Waals surface area contributed by atoms with Gasteiger partial charge in [0.2, 0.25) is 5.13 Å². The van der Waals surface area contributed by atoms with Gasteiger partial charge in [0.05, 0.1) is 24.4 Å². The molecule has 0 aromatic carbocycles. The Morgan fingerprint density at radius 2 is 2.25 bits per heavy atom. The van der Waals surface area contributed by atoms with Crippen LogP contribution in [-0.4, -0.2) is 73.2 Å². The maximum absolute atomic E-state index is 12.4. The van der Waals surface area contributed by atoms with Crippen molar-refractivity contribution in [1.29, 1.82) is 0 Å². The van der Waals surface area contributed by atoms with Gasteiger partial charge in [0, 0.05) is 13.1 Å². The van der Waals surface area contributed by atoms with Crippen LogP contribution in [0.3, 0.4) is 0 Å². The summed E-state index contributed by atoms with van der Waals surface area (Å²) in [7, 11) is 0. The highest BCUT2D eigenvalue weighted by molar-refractivity contribution is 7.15. The fourth-order valence-corrected chi connectivity index (χ4v) is 4.05. The average molecular weight is 431 g/mol. The number of carbonyl (C=O) groups excluding carboxylic acids is 1. The lowest BCUT2D eigenvalue weighted by molar-refractivity contribution is -0.00294. The topological polar surface area (TPSA) is 147 Å². The zero-order chi connectivity index (χ0) is 20.5. The molecule has 1 aliphatic heterocycles. The Morgan fingerprint density at radius 3 is 2.86 bits per heavy atom. The van der Waals surface area contributed by atoms with Crippen LogP contribution in [0.15, 0.2) is 0 Å². The van der Waals surface area contributed by atoms with E-state index in [2.05, 4.69) is 25.5 Å². The SMILES string of the molecule is CCc1[nH]c(C(=O)NC2CCN(c3nnc([C@@](C)(O)CO)s3)CC2O)nc1Cl. The normalized spacial score (nSPS) is 22.1. The van der Waals surface area contributed by atoms with Crippen LogP contribution >= 0.6 is 22.9 Å². The van der Waals surface area contributed by atoms with Crippen molar-refractivity contribution in [3.05, 3.63) is 21.7 Å². The number of aliphatic hydroxyl groups excluding tert-OH is 2. The minimum atomic E-state index is -1.46. The predicted molar refractivity (Wildman–Crippen MR) is 104 cm³/mol. The van der Waals surface area contributed by atoms with Gasteiger partial charge in [-0.25, -0.2) is 4.98 Å². The van der Waals surface area contributed by atoms with Crippen LogP contribution in [0.25, 0.3) is 0 Å². The molecule has 0 radical (unpaired) electrons. The minimum absolute atomic E-state index is 0.122. The number of β-amino-alcohol motifs (C(OH)–C–C–N with tert-alkyl or cyclic N) is 1. The van der Waals surface area contributed by atoms with Crippen molar-refractivity contribution in [2.24, 2.45) is 0 Å². The number of piperidine rings is 1. The first-order valence-corrected chi connectivity index (χ1v) is 10.1. The molecular weight excluding hydrogens is 408 g/mol. The number of halogens is 1. The van der Waals surface area contributed by atoms with Crippen molar-refractivity contribution >= 4 is 34.0 Å². The second kappa shape index (κ2) is 8.29. The molecule has 1 amide bonds. The Balaban J connectivity index is 1.61. The van der Waals surface area contributed by atoms with Gasteiger partial charge in [-0.3, -0.25) is 4.79 Å². The van der Waals surface area contributed by atoms with Gasteiger partial charge in [-0.15, -0.1) is 10.2 Å². The van der Waals surface area contributed by atoms with Crippen LogP contribution < -0.4 is 10.2 Å². The highest BCUT2D eigenvalue weighted by atomic mass is 35.5. The molecule has 0 bridgehead atoms. The number of hydrogen-bond acceptors (Lipinski definition) is 9. The van der Waals surface area contributed by atoms with E-state index in [0.29, 0.717) is 35.2 Å². The van der Waals surface area contributed by atoms with E-state index in [1.54, 1.807) is 0 Å². The Kier molecular flexibility index (Phi) is 6.20. The highest BCUT2D eigenvalue weighted by Gasteiger charge is 2.33. The van der Waals surface area contributed by atoms with Crippen LogP contribution in [0.2, 0.25) is 5.15 Å². The Hall–Kier alpha value is -1.79. The van der Waals surface area contributed by atoms with Crippen LogP contribution in [-0.2, 0) is 12.0 Å². The third-order valence-electron chi connectivity index (χ3n) is 4.65. The number of carbonyl (C=O) groups is 1. The number of imidazole rings is 1. The molecule has 0 aliphatic carbocycles. The summed E-state index contributed by atoms with van der Waals surface area (Å²) in [5.41, 5.74) is -0.768. The third kappa shape index (κ3) is 4.28. The van der Waals surface area contributed by atoms with Gasteiger partial charge >= 0.3 is 0 Å².